The van der Waals surface area contributed by atoms with Gasteiger partial charge in [-0.2, -0.15) is 0 Å². The van der Waals surface area contributed by atoms with Crippen LogP contribution in [0.4, 0.5) is 8.78 Å². The molecule has 0 fully saturated rings. The number of hydrogen-bond donors (Lipinski definition) is 0. The number of benzene rings is 3. The van der Waals surface area contributed by atoms with Crippen LogP contribution in [0.25, 0.3) is 0 Å². The van der Waals surface area contributed by atoms with Crippen LogP contribution in [0.2, 0.25) is 16.6 Å². The van der Waals surface area contributed by atoms with Gasteiger partial charge < -0.3 is 0 Å². The monoisotopic (exact) mass is 572 g/mol. The van der Waals surface area contributed by atoms with Gasteiger partial charge in [0.2, 0.25) is 0 Å². The first kappa shape index (κ1) is 27.8. The molecule has 0 aliphatic heterocycles. The molecule has 0 saturated heterocycles. The molecule has 0 N–H and O–H groups in total. The van der Waals surface area contributed by atoms with Crippen LogP contribution in [0.1, 0.15) is 41.5 Å². The molecule has 0 heterocycles. The van der Waals surface area contributed by atoms with Crippen molar-refractivity contribution >= 4 is 44.8 Å². The molecule has 0 amide bonds. The molecule has 0 atom stereocenters. The Morgan fingerprint density at radius 3 is 1.17 bits per heavy atom. The summed E-state index contributed by atoms with van der Waals surface area (Å²) in [6.07, 6.45) is 0. The Morgan fingerprint density at radius 1 is 0.629 bits per heavy atom. The van der Waals surface area contributed by atoms with Crippen molar-refractivity contribution in [2.24, 2.45) is 0 Å². The standard InChI is InChI=1S/C30H36BrF2PSi/c1-24(2)35(25(3)4,26(5)6)23-22-30(32,33)34(31,27-16-10-7-11-17-27,28-18-12-8-13-19-28)29-20-14-9-15-21-29/h7-21,24-26H,1-6H3. The Morgan fingerprint density at radius 2 is 0.914 bits per heavy atom. The van der Waals surface area contributed by atoms with Crippen molar-refractivity contribution in [3.05, 3.63) is 91.0 Å². The maximum atomic E-state index is 17.4. The summed E-state index contributed by atoms with van der Waals surface area (Å²) in [5.74, 6) is 2.71. The van der Waals surface area contributed by atoms with Crippen molar-refractivity contribution in [1.29, 1.82) is 0 Å². The number of alkyl halides is 2. The summed E-state index contributed by atoms with van der Waals surface area (Å²) in [7, 11) is -2.39. The van der Waals surface area contributed by atoms with Crippen LogP contribution in [0.15, 0.2) is 91.0 Å². The quantitative estimate of drug-likeness (QED) is 0.151. The van der Waals surface area contributed by atoms with Gasteiger partial charge >= 0.3 is 220 Å². The summed E-state index contributed by atoms with van der Waals surface area (Å²) in [6.45, 7) is 12.9. The zero-order valence-corrected chi connectivity index (χ0v) is 25.0. The van der Waals surface area contributed by atoms with Gasteiger partial charge in [-0.15, -0.1) is 0 Å². The van der Waals surface area contributed by atoms with Crippen LogP contribution in [-0.2, 0) is 0 Å². The maximum absolute atomic E-state index is 17.4. The molecule has 3 aromatic rings. The third-order valence-electron chi connectivity index (χ3n) is 7.55. The first-order chi connectivity index (χ1) is 16.4. The summed E-state index contributed by atoms with van der Waals surface area (Å²) in [5, 5.41) is -2.85. The van der Waals surface area contributed by atoms with Crippen molar-refractivity contribution < 1.29 is 8.78 Å². The second-order valence-corrected chi connectivity index (χ2v) is 24.2. The third-order valence-corrected chi connectivity index (χ3v) is 23.8. The van der Waals surface area contributed by atoms with Crippen molar-refractivity contribution in [2.45, 2.75) is 63.8 Å². The number of halogens is 3. The molecule has 0 saturated carbocycles. The van der Waals surface area contributed by atoms with E-state index in [0.29, 0.717) is 15.9 Å². The van der Waals surface area contributed by atoms with Gasteiger partial charge in [0.1, 0.15) is 0 Å². The van der Waals surface area contributed by atoms with Crippen LogP contribution in [0.3, 0.4) is 0 Å². The van der Waals surface area contributed by atoms with Crippen molar-refractivity contribution in [2.75, 3.05) is 0 Å². The Kier molecular flexibility index (Phi) is 8.17. The van der Waals surface area contributed by atoms with E-state index in [1.54, 1.807) is 0 Å². The molecular weight excluding hydrogens is 537 g/mol. The molecule has 0 spiro atoms. The van der Waals surface area contributed by atoms with E-state index in [4.69, 9.17) is 0 Å². The summed E-state index contributed by atoms with van der Waals surface area (Å²) in [6, 6.07) is 27.5. The van der Waals surface area contributed by atoms with Gasteiger partial charge in [-0.05, 0) is 0 Å². The van der Waals surface area contributed by atoms with Crippen molar-refractivity contribution in [1.82, 2.24) is 0 Å². The molecule has 0 aliphatic carbocycles. The molecule has 0 bridgehead atoms. The molecule has 0 nitrogen and oxygen atoms in total. The van der Waals surface area contributed by atoms with E-state index in [2.05, 4.69) is 68.5 Å². The Bertz CT molecular complexity index is 1060. The van der Waals surface area contributed by atoms with E-state index in [1.807, 2.05) is 91.0 Å². The first-order valence-corrected chi connectivity index (χ1v) is 18.7. The minimum atomic E-state index is -4.56. The molecule has 3 rings (SSSR count). The summed E-state index contributed by atoms with van der Waals surface area (Å²) >= 11 is 3.91. The van der Waals surface area contributed by atoms with Crippen LogP contribution >= 0.6 is 20.8 Å². The van der Waals surface area contributed by atoms with Gasteiger partial charge in [-0.3, -0.25) is 0 Å². The summed E-state index contributed by atoms with van der Waals surface area (Å²) in [5.41, 5.74) is 0.783. The van der Waals surface area contributed by atoms with E-state index in [0.717, 1.165) is 0 Å². The van der Waals surface area contributed by atoms with E-state index in [9.17, 15) is 0 Å². The van der Waals surface area contributed by atoms with Gasteiger partial charge in [0.25, 0.3) is 0 Å². The zero-order valence-electron chi connectivity index (χ0n) is 21.5. The molecule has 0 aromatic heterocycles. The predicted octanol–water partition coefficient (Wildman–Crippen LogP) is 8.64. The topological polar surface area (TPSA) is 0 Å². The fourth-order valence-electron chi connectivity index (χ4n) is 5.78. The minimum absolute atomic E-state index is 0.261. The third kappa shape index (κ3) is 4.24. The molecule has 3 aromatic carbocycles. The van der Waals surface area contributed by atoms with Gasteiger partial charge in [0.15, 0.2) is 0 Å². The van der Waals surface area contributed by atoms with Crippen LogP contribution in [-0.4, -0.2) is 13.7 Å². The van der Waals surface area contributed by atoms with Crippen LogP contribution < -0.4 is 15.9 Å². The van der Waals surface area contributed by atoms with Crippen molar-refractivity contribution in [3.63, 3.8) is 0 Å². The van der Waals surface area contributed by atoms with E-state index in [-0.39, 0.29) is 16.6 Å². The number of hydrogen-bond acceptors (Lipinski definition) is 0. The second-order valence-electron chi connectivity index (χ2n) is 10.2. The van der Waals surface area contributed by atoms with Gasteiger partial charge in [0.05, 0.1) is 0 Å². The van der Waals surface area contributed by atoms with E-state index in [1.165, 1.54) is 0 Å². The predicted molar refractivity (Wildman–Crippen MR) is 158 cm³/mol. The Labute approximate surface area is 219 Å². The van der Waals surface area contributed by atoms with E-state index < -0.39 is 19.0 Å². The normalized spacial score (nSPS) is 13.9. The molecule has 186 valence electrons. The van der Waals surface area contributed by atoms with Crippen LogP contribution in [0.5, 0.6) is 0 Å². The average molecular weight is 574 g/mol. The average Bonchev–Trinajstić information content (AvgIpc) is 2.84. The summed E-state index contributed by atoms with van der Waals surface area (Å²) in [4.78, 5) is 0. The molecule has 0 unspecified atom stereocenters. The molecule has 35 heavy (non-hydrogen) atoms. The van der Waals surface area contributed by atoms with Crippen LogP contribution in [0, 0.1) is 11.5 Å². The molecule has 5 heteroatoms. The molecule has 0 radical (unpaired) electrons. The van der Waals surface area contributed by atoms with Gasteiger partial charge in [0, 0.05) is 0 Å². The van der Waals surface area contributed by atoms with Gasteiger partial charge in [-0.25, -0.2) is 0 Å². The second kappa shape index (κ2) is 10.3. The molecule has 0 aliphatic rings. The fourth-order valence-corrected chi connectivity index (χ4v) is 17.8. The Hall–Kier alpha value is -1.79. The fraction of sp³-hybridized carbons (Fsp3) is 0.333. The first-order valence-electron chi connectivity index (χ1n) is 12.3. The van der Waals surface area contributed by atoms with E-state index >= 15 is 8.78 Å². The summed E-state index contributed by atoms with van der Waals surface area (Å²) < 4.78 is 34.7. The SMILES string of the molecule is CC(C)[Si](C#CC(F)(F)P(Br)(c1ccccc1)(c1ccccc1)c1ccccc1)(C(C)C)C(C)C. The van der Waals surface area contributed by atoms with Crippen molar-refractivity contribution in [3.8, 4) is 11.5 Å². The van der Waals surface area contributed by atoms with Gasteiger partial charge in [-0.1, -0.05) is 0 Å². The Balaban J connectivity index is 2.51. The molecular formula is C30H36BrF2PSi. The number of rotatable bonds is 7. The zero-order chi connectivity index (χ0) is 25.9.